The highest BCUT2D eigenvalue weighted by Crippen LogP contribution is 2.35. The first-order valence-electron chi connectivity index (χ1n) is 10.5. The summed E-state index contributed by atoms with van der Waals surface area (Å²) in [7, 11) is 0. The van der Waals surface area contributed by atoms with E-state index in [1.165, 1.54) is 0 Å². The molecule has 0 saturated carbocycles. The van der Waals surface area contributed by atoms with Gasteiger partial charge in [0, 0.05) is 24.3 Å². The van der Waals surface area contributed by atoms with Crippen LogP contribution in [0.3, 0.4) is 0 Å². The van der Waals surface area contributed by atoms with E-state index < -0.39 is 11.5 Å². The van der Waals surface area contributed by atoms with Crippen molar-refractivity contribution in [3.63, 3.8) is 0 Å². The molecule has 0 radical (unpaired) electrons. The van der Waals surface area contributed by atoms with Crippen molar-refractivity contribution in [3.05, 3.63) is 47.0 Å². The molecule has 2 aliphatic heterocycles. The smallest absolute Gasteiger partial charge is 0.229 e. The third-order valence-electron chi connectivity index (χ3n) is 5.81. The summed E-state index contributed by atoms with van der Waals surface area (Å²) in [6, 6.07) is 10.8. The Kier molecular flexibility index (Phi) is 4.78. The largest absolute Gasteiger partial charge is 0.487 e. The number of amides is 2. The second-order valence-electron chi connectivity index (χ2n) is 8.95. The second kappa shape index (κ2) is 7.41. The first-order valence-corrected chi connectivity index (χ1v) is 11.3. The number of rotatable bonds is 3. The van der Waals surface area contributed by atoms with Crippen molar-refractivity contribution in [2.75, 3.05) is 16.8 Å². The van der Waals surface area contributed by atoms with Crippen LogP contribution >= 0.6 is 11.3 Å². The molecule has 8 heteroatoms. The highest BCUT2D eigenvalue weighted by Gasteiger charge is 2.36. The van der Waals surface area contributed by atoms with Gasteiger partial charge in [-0.2, -0.15) is 0 Å². The molecule has 1 atom stereocenters. The number of carbonyl (C=O) groups is 3. The summed E-state index contributed by atoms with van der Waals surface area (Å²) in [5, 5.41) is 3.84. The van der Waals surface area contributed by atoms with Crippen molar-refractivity contribution in [2.24, 2.45) is 5.92 Å². The molecule has 1 fully saturated rings. The van der Waals surface area contributed by atoms with E-state index in [1.807, 2.05) is 39.0 Å². The standard InChI is InChI=1S/C24H23N3O4S/c1-13-25-18-10-16(5-7-21(18)32-13)27-12-14(8-22(27)29)23(30)26-15-4-6-20-17(9-15)19(28)11-24(2,3)31-20/h4-7,9-10,14H,8,11-12H2,1-3H3,(H,26,30). The van der Waals surface area contributed by atoms with Crippen molar-refractivity contribution >= 4 is 50.5 Å². The average molecular weight is 450 g/mol. The van der Waals surface area contributed by atoms with Gasteiger partial charge in [0.05, 0.1) is 33.1 Å². The van der Waals surface area contributed by atoms with Crippen molar-refractivity contribution in [1.82, 2.24) is 4.98 Å². The number of ketones is 1. The van der Waals surface area contributed by atoms with Crippen molar-refractivity contribution in [3.8, 4) is 5.75 Å². The quantitative estimate of drug-likeness (QED) is 0.643. The minimum absolute atomic E-state index is 0.0118. The van der Waals surface area contributed by atoms with Crippen LogP contribution in [0.2, 0.25) is 0 Å². The Hall–Kier alpha value is -3.26. The number of nitrogens with zero attached hydrogens (tertiary/aromatic N) is 2. The monoisotopic (exact) mass is 449 g/mol. The van der Waals surface area contributed by atoms with E-state index in [-0.39, 0.29) is 30.4 Å². The second-order valence-corrected chi connectivity index (χ2v) is 10.2. The van der Waals surface area contributed by atoms with Gasteiger partial charge in [-0.05, 0) is 57.2 Å². The first-order chi connectivity index (χ1) is 15.2. The summed E-state index contributed by atoms with van der Waals surface area (Å²) < 4.78 is 6.94. The topological polar surface area (TPSA) is 88.6 Å². The molecule has 2 aliphatic rings. The molecule has 2 aromatic carbocycles. The van der Waals surface area contributed by atoms with E-state index in [1.54, 1.807) is 34.4 Å². The Morgan fingerprint density at radius 1 is 1.22 bits per heavy atom. The van der Waals surface area contributed by atoms with Gasteiger partial charge in [0.25, 0.3) is 0 Å². The number of anilines is 2. The minimum Gasteiger partial charge on any atom is -0.487 e. The van der Waals surface area contributed by atoms with Crippen LogP contribution in [-0.2, 0) is 9.59 Å². The molecule has 3 aromatic rings. The fraction of sp³-hybridized carbons (Fsp3) is 0.333. The number of hydrogen-bond donors (Lipinski definition) is 1. The maximum absolute atomic E-state index is 12.9. The first kappa shape index (κ1) is 20.6. The zero-order valence-corrected chi connectivity index (χ0v) is 18.9. The Morgan fingerprint density at radius 2 is 2.03 bits per heavy atom. The summed E-state index contributed by atoms with van der Waals surface area (Å²) in [6.45, 7) is 6.01. The lowest BCUT2D eigenvalue weighted by molar-refractivity contribution is -0.122. The number of aryl methyl sites for hydroxylation is 1. The van der Waals surface area contributed by atoms with Crippen LogP contribution in [0, 0.1) is 12.8 Å². The number of carbonyl (C=O) groups excluding carboxylic acids is 3. The van der Waals surface area contributed by atoms with E-state index in [0.717, 1.165) is 20.9 Å². The molecule has 32 heavy (non-hydrogen) atoms. The maximum Gasteiger partial charge on any atom is 0.229 e. The van der Waals surface area contributed by atoms with Gasteiger partial charge in [0.2, 0.25) is 11.8 Å². The highest BCUT2D eigenvalue weighted by molar-refractivity contribution is 7.18. The van der Waals surface area contributed by atoms with Crippen LogP contribution in [0.4, 0.5) is 11.4 Å². The molecule has 2 amide bonds. The molecule has 0 aliphatic carbocycles. The Balaban J connectivity index is 1.31. The van der Waals surface area contributed by atoms with Gasteiger partial charge in [-0.1, -0.05) is 0 Å². The summed E-state index contributed by atoms with van der Waals surface area (Å²) in [5.41, 5.74) is 2.06. The van der Waals surface area contributed by atoms with Crippen molar-refractivity contribution in [1.29, 1.82) is 0 Å². The molecule has 0 bridgehead atoms. The summed E-state index contributed by atoms with van der Waals surface area (Å²) in [5.74, 6) is -0.290. The van der Waals surface area contributed by atoms with E-state index in [4.69, 9.17) is 4.74 Å². The predicted octanol–water partition coefficient (Wildman–Crippen LogP) is 4.34. The molecule has 0 spiro atoms. The van der Waals surface area contributed by atoms with Gasteiger partial charge in [0.15, 0.2) is 5.78 Å². The van der Waals surface area contributed by atoms with Crippen molar-refractivity contribution < 1.29 is 19.1 Å². The Morgan fingerprint density at radius 3 is 2.84 bits per heavy atom. The Labute approximate surface area is 189 Å². The van der Waals surface area contributed by atoms with Gasteiger partial charge in [-0.3, -0.25) is 14.4 Å². The number of aromatic nitrogens is 1. The lowest BCUT2D eigenvalue weighted by Crippen LogP contribution is -2.36. The van der Waals surface area contributed by atoms with Crippen LogP contribution in [0.5, 0.6) is 5.75 Å². The molecule has 1 N–H and O–H groups in total. The third kappa shape index (κ3) is 3.75. The molecule has 1 aromatic heterocycles. The number of thiazole rings is 1. The predicted molar refractivity (Wildman–Crippen MR) is 124 cm³/mol. The fourth-order valence-electron chi connectivity index (χ4n) is 4.31. The number of nitrogens with one attached hydrogen (secondary N) is 1. The van der Waals surface area contributed by atoms with Crippen LogP contribution < -0.4 is 15.0 Å². The van der Waals surface area contributed by atoms with E-state index in [9.17, 15) is 14.4 Å². The fourth-order valence-corrected chi connectivity index (χ4v) is 5.11. The number of hydrogen-bond acceptors (Lipinski definition) is 6. The van der Waals surface area contributed by atoms with Crippen LogP contribution in [0.25, 0.3) is 10.2 Å². The van der Waals surface area contributed by atoms with E-state index in [2.05, 4.69) is 10.3 Å². The molecular formula is C24H23N3O4S. The van der Waals surface area contributed by atoms with E-state index >= 15 is 0 Å². The van der Waals surface area contributed by atoms with Gasteiger partial charge >= 0.3 is 0 Å². The zero-order chi connectivity index (χ0) is 22.6. The van der Waals surface area contributed by atoms with Crippen molar-refractivity contribution in [2.45, 2.75) is 39.2 Å². The van der Waals surface area contributed by atoms with Gasteiger partial charge < -0.3 is 15.0 Å². The third-order valence-corrected chi connectivity index (χ3v) is 6.76. The number of benzene rings is 2. The van der Waals surface area contributed by atoms with Gasteiger partial charge in [-0.25, -0.2) is 4.98 Å². The maximum atomic E-state index is 12.9. The summed E-state index contributed by atoms with van der Waals surface area (Å²) in [4.78, 5) is 44.2. The SMILES string of the molecule is Cc1nc2cc(N3CC(C(=O)Nc4ccc5c(c4)C(=O)CC(C)(C)O5)CC3=O)ccc2s1. The zero-order valence-electron chi connectivity index (χ0n) is 18.1. The molecule has 164 valence electrons. The van der Waals surface area contributed by atoms with E-state index in [0.29, 0.717) is 23.5 Å². The normalized spacial score (nSPS) is 19.7. The van der Waals surface area contributed by atoms with Gasteiger partial charge in [0.1, 0.15) is 11.4 Å². The molecule has 1 unspecified atom stereocenters. The molecule has 5 rings (SSSR count). The average Bonchev–Trinajstić information content (AvgIpc) is 3.28. The molecule has 3 heterocycles. The number of ether oxygens (including phenoxy) is 1. The highest BCUT2D eigenvalue weighted by atomic mass is 32.1. The molecule has 1 saturated heterocycles. The number of fused-ring (bicyclic) bond motifs is 2. The van der Waals surface area contributed by atoms with Crippen LogP contribution in [0.15, 0.2) is 36.4 Å². The van der Waals surface area contributed by atoms with Crippen LogP contribution in [-0.4, -0.2) is 34.7 Å². The summed E-state index contributed by atoms with van der Waals surface area (Å²) >= 11 is 1.61. The minimum atomic E-state index is -0.539. The molecular weight excluding hydrogens is 426 g/mol. The number of Topliss-reactive ketones (excluding diaryl/α,β-unsaturated/α-hetero) is 1. The molecule has 7 nitrogen and oxygen atoms in total. The Bertz CT molecular complexity index is 1280. The van der Waals surface area contributed by atoms with Crippen LogP contribution in [0.1, 0.15) is 42.1 Å². The lowest BCUT2D eigenvalue weighted by atomic mass is 9.93. The summed E-state index contributed by atoms with van der Waals surface area (Å²) in [6.07, 6.45) is 0.424. The van der Waals surface area contributed by atoms with Gasteiger partial charge in [-0.15, -0.1) is 11.3 Å². The lowest BCUT2D eigenvalue weighted by Gasteiger charge is -2.31.